The van der Waals surface area contributed by atoms with Crippen LogP contribution in [0.4, 0.5) is 0 Å². The zero-order valence-corrected chi connectivity index (χ0v) is 14.5. The molecule has 1 N–H and O–H groups in total. The molecule has 0 aliphatic rings. The summed E-state index contributed by atoms with van der Waals surface area (Å²) in [5.41, 5.74) is -0.606. The molecular formula is C14H21BrN2O2S. The molecule has 1 rings (SSSR count). The number of aromatic nitrogens is 1. The van der Waals surface area contributed by atoms with Gasteiger partial charge in [-0.2, -0.15) is 0 Å². The number of carbonyl (C=O) groups is 1. The first-order valence-electron chi connectivity index (χ1n) is 6.60. The molecule has 4 nitrogen and oxygen atoms in total. The topological polar surface area (TPSA) is 51.2 Å². The summed E-state index contributed by atoms with van der Waals surface area (Å²) in [5.74, 6) is 0.705. The molecule has 0 radical (unpaired) electrons. The monoisotopic (exact) mass is 360 g/mol. The number of rotatable bonds is 8. The van der Waals surface area contributed by atoms with E-state index in [1.54, 1.807) is 18.0 Å². The Kier molecular flexibility index (Phi) is 7.55. The number of thioether (sulfide) groups is 1. The van der Waals surface area contributed by atoms with E-state index >= 15 is 0 Å². The van der Waals surface area contributed by atoms with Crippen molar-refractivity contribution in [1.82, 2.24) is 10.3 Å². The van der Waals surface area contributed by atoms with Crippen molar-refractivity contribution in [3.63, 3.8) is 0 Å². The molecule has 0 bridgehead atoms. The lowest BCUT2D eigenvalue weighted by atomic mass is 9.96. The number of hydrogen-bond acceptors (Lipinski definition) is 5. The van der Waals surface area contributed by atoms with Crippen molar-refractivity contribution in [2.24, 2.45) is 0 Å². The van der Waals surface area contributed by atoms with E-state index in [2.05, 4.69) is 26.2 Å². The van der Waals surface area contributed by atoms with Gasteiger partial charge in [0.25, 0.3) is 0 Å². The van der Waals surface area contributed by atoms with Gasteiger partial charge in [0.15, 0.2) is 0 Å². The first kappa shape index (κ1) is 17.5. The number of hydrogen-bond donors (Lipinski definition) is 1. The van der Waals surface area contributed by atoms with Gasteiger partial charge < -0.3 is 10.1 Å². The summed E-state index contributed by atoms with van der Waals surface area (Å²) in [6.07, 6.45) is 3.43. The van der Waals surface area contributed by atoms with Gasteiger partial charge in [0.1, 0.15) is 10.6 Å². The van der Waals surface area contributed by atoms with E-state index in [9.17, 15) is 4.79 Å². The van der Waals surface area contributed by atoms with Crippen molar-refractivity contribution in [2.45, 2.75) is 37.3 Å². The van der Waals surface area contributed by atoms with Crippen LogP contribution in [0.2, 0.25) is 0 Å². The highest BCUT2D eigenvalue weighted by molar-refractivity contribution is 9.10. The Morgan fingerprint density at radius 1 is 1.60 bits per heavy atom. The van der Waals surface area contributed by atoms with E-state index in [0.29, 0.717) is 0 Å². The zero-order valence-electron chi connectivity index (χ0n) is 12.1. The minimum Gasteiger partial charge on any atom is -0.468 e. The van der Waals surface area contributed by atoms with E-state index in [4.69, 9.17) is 4.74 Å². The van der Waals surface area contributed by atoms with Gasteiger partial charge in [0.05, 0.1) is 7.11 Å². The lowest BCUT2D eigenvalue weighted by Crippen LogP contribution is -2.50. The molecule has 0 spiro atoms. The standard InChI is InChI=1S/C14H21BrN2O2S/c1-4-17-14(2,13(18)19-3)8-6-10-20-12-11(15)7-5-9-16-12/h5,7,9,17H,4,6,8,10H2,1-3H3. The fourth-order valence-corrected chi connectivity index (χ4v) is 3.37. The number of halogens is 1. The Morgan fingerprint density at radius 2 is 2.35 bits per heavy atom. The molecular weight excluding hydrogens is 340 g/mol. The van der Waals surface area contributed by atoms with E-state index in [0.717, 1.165) is 34.6 Å². The maximum Gasteiger partial charge on any atom is 0.325 e. The molecule has 1 heterocycles. The molecule has 112 valence electrons. The Morgan fingerprint density at radius 3 is 2.95 bits per heavy atom. The summed E-state index contributed by atoms with van der Waals surface area (Å²) in [4.78, 5) is 16.1. The first-order valence-corrected chi connectivity index (χ1v) is 8.38. The van der Waals surface area contributed by atoms with Gasteiger partial charge in [-0.05, 0) is 60.1 Å². The Labute approximate surface area is 133 Å². The second-order valence-electron chi connectivity index (χ2n) is 4.60. The van der Waals surface area contributed by atoms with Gasteiger partial charge in [-0.1, -0.05) is 6.92 Å². The van der Waals surface area contributed by atoms with Crippen LogP contribution >= 0.6 is 27.7 Å². The SMILES string of the molecule is CCNC(C)(CCCSc1ncccc1Br)C(=O)OC. The third-order valence-electron chi connectivity index (χ3n) is 2.99. The minimum atomic E-state index is -0.606. The highest BCUT2D eigenvalue weighted by atomic mass is 79.9. The van der Waals surface area contributed by atoms with Crippen molar-refractivity contribution in [3.05, 3.63) is 22.8 Å². The molecule has 0 amide bonds. The summed E-state index contributed by atoms with van der Waals surface area (Å²) in [5, 5.41) is 4.19. The van der Waals surface area contributed by atoms with Gasteiger partial charge in [-0.15, -0.1) is 11.8 Å². The predicted octanol–water partition coefficient (Wildman–Crippen LogP) is 3.26. The summed E-state index contributed by atoms with van der Waals surface area (Å²) in [6, 6.07) is 3.88. The first-order chi connectivity index (χ1) is 9.53. The molecule has 1 aromatic rings. The second-order valence-corrected chi connectivity index (χ2v) is 6.53. The molecule has 1 atom stereocenters. The molecule has 0 aliphatic carbocycles. The quantitative estimate of drug-likeness (QED) is 0.438. The van der Waals surface area contributed by atoms with E-state index in [1.165, 1.54) is 7.11 Å². The summed E-state index contributed by atoms with van der Waals surface area (Å²) < 4.78 is 5.88. The van der Waals surface area contributed by atoms with Gasteiger partial charge in [0, 0.05) is 10.7 Å². The third-order valence-corrected chi connectivity index (χ3v) is 4.98. The van der Waals surface area contributed by atoms with Crippen LogP contribution in [0.25, 0.3) is 0 Å². The lowest BCUT2D eigenvalue weighted by molar-refractivity contribution is -0.148. The van der Waals surface area contributed by atoms with Crippen molar-refractivity contribution in [3.8, 4) is 0 Å². The third kappa shape index (κ3) is 5.07. The van der Waals surface area contributed by atoms with Crippen LogP contribution in [0.3, 0.4) is 0 Å². The van der Waals surface area contributed by atoms with Crippen LogP contribution in [0.1, 0.15) is 26.7 Å². The number of nitrogens with zero attached hydrogens (tertiary/aromatic N) is 1. The minimum absolute atomic E-state index is 0.205. The highest BCUT2D eigenvalue weighted by Crippen LogP contribution is 2.26. The number of ether oxygens (including phenoxy) is 1. The number of likely N-dealkylation sites (N-methyl/N-ethyl adjacent to an activating group) is 1. The zero-order chi connectivity index (χ0) is 15.0. The van der Waals surface area contributed by atoms with Crippen LogP contribution in [-0.4, -0.2) is 35.9 Å². The van der Waals surface area contributed by atoms with Gasteiger partial charge in [0.2, 0.25) is 0 Å². The average Bonchev–Trinajstić information content (AvgIpc) is 2.44. The van der Waals surface area contributed by atoms with Crippen molar-refractivity contribution < 1.29 is 9.53 Å². The van der Waals surface area contributed by atoms with Crippen LogP contribution < -0.4 is 5.32 Å². The number of pyridine rings is 1. The molecule has 6 heteroatoms. The fraction of sp³-hybridized carbons (Fsp3) is 0.571. The molecule has 0 fully saturated rings. The van der Waals surface area contributed by atoms with Gasteiger partial charge in [-0.3, -0.25) is 4.79 Å². The summed E-state index contributed by atoms with van der Waals surface area (Å²) in [7, 11) is 1.43. The van der Waals surface area contributed by atoms with Crippen LogP contribution in [-0.2, 0) is 9.53 Å². The average molecular weight is 361 g/mol. The van der Waals surface area contributed by atoms with Crippen LogP contribution in [0, 0.1) is 0 Å². The maximum atomic E-state index is 11.8. The van der Waals surface area contributed by atoms with Crippen molar-refractivity contribution >= 4 is 33.7 Å². The Hall–Kier alpha value is -0.590. The number of methoxy groups -OCH3 is 1. The van der Waals surface area contributed by atoms with E-state index in [1.807, 2.05) is 26.0 Å². The van der Waals surface area contributed by atoms with Crippen molar-refractivity contribution in [1.29, 1.82) is 0 Å². The Balaban J connectivity index is 2.45. The smallest absolute Gasteiger partial charge is 0.325 e. The second kappa shape index (κ2) is 8.64. The summed E-state index contributed by atoms with van der Waals surface area (Å²) >= 11 is 5.16. The summed E-state index contributed by atoms with van der Waals surface area (Å²) in [6.45, 7) is 4.62. The molecule has 20 heavy (non-hydrogen) atoms. The Bertz CT molecular complexity index is 445. The predicted molar refractivity (Wildman–Crippen MR) is 86.0 cm³/mol. The largest absolute Gasteiger partial charge is 0.468 e. The lowest BCUT2D eigenvalue weighted by Gasteiger charge is -2.27. The molecule has 0 saturated carbocycles. The normalized spacial score (nSPS) is 13.8. The number of carbonyl (C=O) groups excluding carboxylic acids is 1. The molecule has 0 aliphatic heterocycles. The molecule has 1 unspecified atom stereocenters. The number of nitrogens with one attached hydrogen (secondary N) is 1. The molecule has 0 saturated heterocycles. The maximum absolute atomic E-state index is 11.8. The van der Waals surface area contributed by atoms with Gasteiger partial charge in [-0.25, -0.2) is 4.98 Å². The van der Waals surface area contributed by atoms with Crippen LogP contribution in [0.15, 0.2) is 27.8 Å². The van der Waals surface area contributed by atoms with E-state index in [-0.39, 0.29) is 5.97 Å². The fourth-order valence-electron chi connectivity index (χ4n) is 1.95. The van der Waals surface area contributed by atoms with E-state index < -0.39 is 5.54 Å². The number of esters is 1. The molecule has 0 aromatic carbocycles. The molecule has 1 aromatic heterocycles. The van der Waals surface area contributed by atoms with Crippen LogP contribution in [0.5, 0.6) is 0 Å². The van der Waals surface area contributed by atoms with Gasteiger partial charge >= 0.3 is 5.97 Å². The van der Waals surface area contributed by atoms with Crippen molar-refractivity contribution in [2.75, 3.05) is 19.4 Å². The highest BCUT2D eigenvalue weighted by Gasteiger charge is 2.32.